The second-order valence-corrected chi connectivity index (χ2v) is 6.28. The van der Waals surface area contributed by atoms with Crippen LogP contribution in [0.2, 0.25) is 0 Å². The topological polar surface area (TPSA) is 99.7 Å². The standard InChI is InChI=1S/C18H17N7O/c1-24-17-14(9-22-24)16(20-11-21-17)23-15-6-7-25(18(15)26)10-13-4-2-12(8-19)3-5-13/h2-5,9,11,15H,6-7,10H2,1H3,(H,20,21,23). The molecule has 0 spiro atoms. The van der Waals surface area contributed by atoms with Crippen molar-refractivity contribution < 1.29 is 4.79 Å². The highest BCUT2D eigenvalue weighted by molar-refractivity contribution is 5.91. The van der Waals surface area contributed by atoms with Crippen molar-refractivity contribution in [1.82, 2.24) is 24.6 Å². The molecule has 4 rings (SSSR count). The molecule has 3 heterocycles. The summed E-state index contributed by atoms with van der Waals surface area (Å²) in [5.41, 5.74) is 2.35. The van der Waals surface area contributed by atoms with Gasteiger partial charge in [0.2, 0.25) is 5.91 Å². The molecule has 8 heteroatoms. The third-order valence-corrected chi connectivity index (χ3v) is 4.59. The first-order valence-corrected chi connectivity index (χ1v) is 8.33. The minimum absolute atomic E-state index is 0.0463. The van der Waals surface area contributed by atoms with E-state index in [-0.39, 0.29) is 11.9 Å². The lowest BCUT2D eigenvalue weighted by Crippen LogP contribution is -2.33. The van der Waals surface area contributed by atoms with Gasteiger partial charge in [-0.1, -0.05) is 12.1 Å². The van der Waals surface area contributed by atoms with Crippen LogP contribution in [0.25, 0.3) is 11.0 Å². The number of hydrogen-bond donors (Lipinski definition) is 1. The number of hydrogen-bond acceptors (Lipinski definition) is 6. The maximum absolute atomic E-state index is 12.7. The number of amides is 1. The van der Waals surface area contributed by atoms with Gasteiger partial charge in [0, 0.05) is 20.1 Å². The van der Waals surface area contributed by atoms with Crippen LogP contribution < -0.4 is 5.32 Å². The Balaban J connectivity index is 1.47. The van der Waals surface area contributed by atoms with Gasteiger partial charge >= 0.3 is 0 Å². The van der Waals surface area contributed by atoms with Crippen molar-refractivity contribution in [1.29, 1.82) is 5.26 Å². The number of benzene rings is 1. The van der Waals surface area contributed by atoms with Gasteiger partial charge in [0.05, 0.1) is 23.2 Å². The number of likely N-dealkylation sites (tertiary alicyclic amines) is 1. The SMILES string of the molecule is Cn1ncc2c(NC3CCN(Cc4ccc(C#N)cc4)C3=O)ncnc21. The van der Waals surface area contributed by atoms with Crippen molar-refractivity contribution in [2.24, 2.45) is 7.05 Å². The molecular weight excluding hydrogens is 330 g/mol. The van der Waals surface area contributed by atoms with Gasteiger partial charge in [0.1, 0.15) is 18.2 Å². The van der Waals surface area contributed by atoms with Crippen LogP contribution in [-0.4, -0.2) is 43.1 Å². The van der Waals surface area contributed by atoms with Gasteiger partial charge < -0.3 is 10.2 Å². The summed E-state index contributed by atoms with van der Waals surface area (Å²) < 4.78 is 1.68. The highest BCUT2D eigenvalue weighted by atomic mass is 16.2. The number of anilines is 1. The molecule has 1 atom stereocenters. The van der Waals surface area contributed by atoms with Crippen molar-refractivity contribution in [3.63, 3.8) is 0 Å². The molecule has 1 N–H and O–H groups in total. The van der Waals surface area contributed by atoms with E-state index in [2.05, 4.69) is 26.5 Å². The van der Waals surface area contributed by atoms with Gasteiger partial charge in [-0.3, -0.25) is 9.48 Å². The molecular formula is C18H17N7O. The minimum Gasteiger partial charge on any atom is -0.358 e. The molecule has 1 aromatic carbocycles. The zero-order chi connectivity index (χ0) is 18.1. The number of fused-ring (bicyclic) bond motifs is 1. The fraction of sp³-hybridized carbons (Fsp3) is 0.278. The predicted molar refractivity (Wildman–Crippen MR) is 94.9 cm³/mol. The molecule has 0 radical (unpaired) electrons. The Bertz CT molecular complexity index is 1000. The van der Waals surface area contributed by atoms with Crippen LogP contribution in [0.5, 0.6) is 0 Å². The lowest BCUT2D eigenvalue weighted by molar-refractivity contribution is -0.128. The van der Waals surface area contributed by atoms with E-state index < -0.39 is 0 Å². The monoisotopic (exact) mass is 347 g/mol. The first kappa shape index (κ1) is 16.0. The molecule has 0 bridgehead atoms. The van der Waals surface area contributed by atoms with Crippen molar-refractivity contribution >= 4 is 22.8 Å². The molecule has 2 aromatic heterocycles. The molecule has 1 fully saturated rings. The van der Waals surface area contributed by atoms with Gasteiger partial charge in [-0.2, -0.15) is 10.4 Å². The molecule has 1 amide bonds. The fourth-order valence-electron chi connectivity index (χ4n) is 3.18. The van der Waals surface area contributed by atoms with Crippen molar-refractivity contribution in [3.05, 3.63) is 47.9 Å². The van der Waals surface area contributed by atoms with Crippen LogP contribution in [0.4, 0.5) is 5.82 Å². The molecule has 1 aliphatic rings. The number of nitrogens with zero attached hydrogens (tertiary/aromatic N) is 6. The zero-order valence-corrected chi connectivity index (χ0v) is 14.3. The van der Waals surface area contributed by atoms with Crippen molar-refractivity contribution in [2.75, 3.05) is 11.9 Å². The van der Waals surface area contributed by atoms with E-state index in [1.807, 2.05) is 24.1 Å². The number of aryl methyl sites for hydroxylation is 1. The second-order valence-electron chi connectivity index (χ2n) is 6.28. The van der Waals surface area contributed by atoms with E-state index in [0.717, 1.165) is 16.6 Å². The molecule has 0 saturated carbocycles. The van der Waals surface area contributed by atoms with Crippen molar-refractivity contribution in [3.8, 4) is 6.07 Å². The largest absolute Gasteiger partial charge is 0.358 e. The molecule has 1 unspecified atom stereocenters. The summed E-state index contributed by atoms with van der Waals surface area (Å²) in [6.45, 7) is 1.21. The fourth-order valence-corrected chi connectivity index (χ4v) is 3.18. The summed E-state index contributed by atoms with van der Waals surface area (Å²) in [7, 11) is 1.82. The summed E-state index contributed by atoms with van der Waals surface area (Å²) in [6.07, 6.45) is 3.88. The lowest BCUT2D eigenvalue weighted by atomic mass is 10.1. The van der Waals surface area contributed by atoms with E-state index in [1.165, 1.54) is 6.33 Å². The predicted octanol–water partition coefficient (Wildman–Crippen LogP) is 1.45. The van der Waals surface area contributed by atoms with Crippen LogP contribution in [0.1, 0.15) is 17.5 Å². The van der Waals surface area contributed by atoms with Gasteiger partial charge in [-0.15, -0.1) is 0 Å². The second kappa shape index (κ2) is 6.44. The van der Waals surface area contributed by atoms with Gasteiger partial charge in [-0.05, 0) is 24.1 Å². The van der Waals surface area contributed by atoms with Crippen LogP contribution in [0, 0.1) is 11.3 Å². The van der Waals surface area contributed by atoms with E-state index >= 15 is 0 Å². The summed E-state index contributed by atoms with van der Waals surface area (Å²) >= 11 is 0. The summed E-state index contributed by atoms with van der Waals surface area (Å²) in [4.78, 5) is 23.0. The Morgan fingerprint density at radius 2 is 2.12 bits per heavy atom. The first-order chi connectivity index (χ1) is 12.7. The highest BCUT2D eigenvalue weighted by Gasteiger charge is 2.32. The molecule has 130 valence electrons. The third-order valence-electron chi connectivity index (χ3n) is 4.59. The number of aromatic nitrogens is 4. The Hall–Kier alpha value is -3.47. The van der Waals surface area contributed by atoms with Crippen LogP contribution in [0.15, 0.2) is 36.8 Å². The summed E-state index contributed by atoms with van der Waals surface area (Å²) in [5.74, 6) is 0.673. The average Bonchev–Trinajstić information content (AvgIpc) is 3.21. The number of nitriles is 1. The quantitative estimate of drug-likeness (QED) is 0.767. The Morgan fingerprint density at radius 1 is 1.31 bits per heavy atom. The Morgan fingerprint density at radius 3 is 2.88 bits per heavy atom. The molecule has 1 saturated heterocycles. The first-order valence-electron chi connectivity index (χ1n) is 8.33. The maximum Gasteiger partial charge on any atom is 0.245 e. The highest BCUT2D eigenvalue weighted by Crippen LogP contribution is 2.23. The van der Waals surface area contributed by atoms with Gasteiger partial charge in [-0.25, -0.2) is 9.97 Å². The Labute approximate surface area is 150 Å². The van der Waals surface area contributed by atoms with Crippen molar-refractivity contribution in [2.45, 2.75) is 19.0 Å². The Kier molecular flexibility index (Phi) is 3.97. The zero-order valence-electron chi connectivity index (χ0n) is 14.3. The number of nitrogens with one attached hydrogen (secondary N) is 1. The average molecular weight is 347 g/mol. The molecule has 26 heavy (non-hydrogen) atoms. The summed E-state index contributed by atoms with van der Waals surface area (Å²) in [6, 6.07) is 9.09. The van der Waals surface area contributed by atoms with Crippen LogP contribution in [-0.2, 0) is 18.4 Å². The van der Waals surface area contributed by atoms with Crippen LogP contribution >= 0.6 is 0 Å². The number of carbonyl (C=O) groups is 1. The number of rotatable bonds is 4. The molecule has 0 aliphatic carbocycles. The minimum atomic E-state index is -0.313. The third kappa shape index (κ3) is 2.84. The van der Waals surface area contributed by atoms with Crippen LogP contribution in [0.3, 0.4) is 0 Å². The molecule has 8 nitrogen and oxygen atoms in total. The van der Waals surface area contributed by atoms with Gasteiger partial charge in [0.25, 0.3) is 0 Å². The normalized spacial score (nSPS) is 16.8. The number of carbonyl (C=O) groups excluding carboxylic acids is 1. The maximum atomic E-state index is 12.7. The molecule has 3 aromatic rings. The van der Waals surface area contributed by atoms with E-state index in [0.29, 0.717) is 30.9 Å². The summed E-state index contributed by atoms with van der Waals surface area (Å²) in [5, 5.41) is 17.1. The van der Waals surface area contributed by atoms with E-state index in [1.54, 1.807) is 23.0 Å². The molecule has 1 aliphatic heterocycles. The van der Waals surface area contributed by atoms with E-state index in [4.69, 9.17) is 5.26 Å². The lowest BCUT2D eigenvalue weighted by Gasteiger charge is -2.17. The van der Waals surface area contributed by atoms with Gasteiger partial charge in [0.15, 0.2) is 5.65 Å². The smallest absolute Gasteiger partial charge is 0.245 e. The van der Waals surface area contributed by atoms with E-state index in [9.17, 15) is 4.79 Å².